The minimum Gasteiger partial charge on any atom is -0.321 e. The van der Waals surface area contributed by atoms with Gasteiger partial charge in [0.1, 0.15) is 12.1 Å². The van der Waals surface area contributed by atoms with Gasteiger partial charge in [-0.3, -0.25) is 14.3 Å². The van der Waals surface area contributed by atoms with E-state index in [0.717, 1.165) is 21.3 Å². The Morgan fingerprint density at radius 3 is 2.72 bits per heavy atom. The molecule has 0 aliphatic rings. The molecule has 1 aromatic carbocycles. The van der Waals surface area contributed by atoms with Crippen LogP contribution in [0.4, 0.5) is 5.69 Å². The Morgan fingerprint density at radius 2 is 1.92 bits per heavy atom. The lowest BCUT2D eigenvalue weighted by Gasteiger charge is -2.07. The summed E-state index contributed by atoms with van der Waals surface area (Å²) in [5, 5.41) is 2.81. The molecule has 1 N–H and O–H groups in total. The molecule has 3 heterocycles. The van der Waals surface area contributed by atoms with E-state index in [1.807, 2.05) is 34.9 Å². The molecule has 4 aromatic rings. The highest BCUT2D eigenvalue weighted by Crippen LogP contribution is 2.18. The number of amides is 1. The molecule has 0 saturated carbocycles. The summed E-state index contributed by atoms with van der Waals surface area (Å²) in [5.41, 5.74) is 2.97. The first-order chi connectivity index (χ1) is 12.2. The SMILES string of the molecule is O=C(Nc1ccc(-n2cnc3ccccc32)nc1)c1cncc(Br)c1. The molecule has 0 radical (unpaired) electrons. The molecule has 0 atom stereocenters. The Hall–Kier alpha value is -3.06. The van der Waals surface area contributed by atoms with E-state index in [9.17, 15) is 4.79 Å². The molecule has 0 unspecified atom stereocenters. The first-order valence-electron chi connectivity index (χ1n) is 7.51. The van der Waals surface area contributed by atoms with Crippen LogP contribution in [0, 0.1) is 0 Å². The smallest absolute Gasteiger partial charge is 0.257 e. The van der Waals surface area contributed by atoms with Gasteiger partial charge in [-0.25, -0.2) is 9.97 Å². The minimum absolute atomic E-state index is 0.239. The number of carbonyl (C=O) groups is 1. The van der Waals surface area contributed by atoms with Crippen LogP contribution in [-0.4, -0.2) is 25.4 Å². The monoisotopic (exact) mass is 393 g/mol. The summed E-state index contributed by atoms with van der Waals surface area (Å²) in [6.45, 7) is 0. The number of rotatable bonds is 3. The number of nitrogens with one attached hydrogen (secondary N) is 1. The summed E-state index contributed by atoms with van der Waals surface area (Å²) < 4.78 is 2.65. The maximum atomic E-state index is 12.2. The summed E-state index contributed by atoms with van der Waals surface area (Å²) in [6.07, 6.45) is 6.49. The molecule has 0 spiro atoms. The number of imidazole rings is 1. The first-order valence-corrected chi connectivity index (χ1v) is 8.30. The summed E-state index contributed by atoms with van der Waals surface area (Å²) in [6, 6.07) is 13.2. The van der Waals surface area contributed by atoms with Crippen molar-refractivity contribution in [3.05, 3.63) is 77.4 Å². The van der Waals surface area contributed by atoms with Crippen molar-refractivity contribution in [2.45, 2.75) is 0 Å². The maximum Gasteiger partial charge on any atom is 0.257 e. The number of aromatic nitrogens is 4. The number of hydrogen-bond acceptors (Lipinski definition) is 4. The molecule has 7 heteroatoms. The van der Waals surface area contributed by atoms with Gasteiger partial charge in [0.25, 0.3) is 5.91 Å². The molecule has 122 valence electrons. The van der Waals surface area contributed by atoms with Crippen LogP contribution in [0.15, 0.2) is 71.9 Å². The summed E-state index contributed by atoms with van der Waals surface area (Å²) >= 11 is 3.30. The molecule has 25 heavy (non-hydrogen) atoms. The predicted molar refractivity (Wildman–Crippen MR) is 98.8 cm³/mol. The molecular weight excluding hydrogens is 382 g/mol. The van der Waals surface area contributed by atoms with E-state index in [1.165, 1.54) is 6.20 Å². The molecule has 0 aliphatic carbocycles. The van der Waals surface area contributed by atoms with Crippen molar-refractivity contribution in [1.29, 1.82) is 0 Å². The molecule has 0 saturated heterocycles. The molecule has 0 fully saturated rings. The van der Waals surface area contributed by atoms with Crippen molar-refractivity contribution < 1.29 is 4.79 Å². The van der Waals surface area contributed by atoms with E-state index in [4.69, 9.17) is 0 Å². The number of halogens is 1. The normalized spacial score (nSPS) is 10.8. The van der Waals surface area contributed by atoms with E-state index >= 15 is 0 Å². The van der Waals surface area contributed by atoms with Gasteiger partial charge in [0.05, 0.1) is 28.5 Å². The van der Waals surface area contributed by atoms with Gasteiger partial charge in [-0.2, -0.15) is 0 Å². The largest absolute Gasteiger partial charge is 0.321 e. The zero-order chi connectivity index (χ0) is 17.2. The third-order valence-corrected chi connectivity index (χ3v) is 4.11. The molecule has 1 amide bonds. The lowest BCUT2D eigenvalue weighted by atomic mass is 10.2. The number of fused-ring (bicyclic) bond motifs is 1. The highest BCUT2D eigenvalue weighted by atomic mass is 79.9. The maximum absolute atomic E-state index is 12.2. The van der Waals surface area contributed by atoms with E-state index in [1.54, 1.807) is 30.9 Å². The summed E-state index contributed by atoms with van der Waals surface area (Å²) in [5.74, 6) is 0.493. The molecule has 0 aliphatic heterocycles. The Kier molecular flexibility index (Phi) is 3.99. The fourth-order valence-electron chi connectivity index (χ4n) is 2.48. The number of para-hydroxylation sites is 2. The fourth-order valence-corrected chi connectivity index (χ4v) is 2.85. The molecule has 6 nitrogen and oxygen atoms in total. The molecular formula is C18H12BrN5O. The summed E-state index contributed by atoms with van der Waals surface area (Å²) in [7, 11) is 0. The second-order valence-electron chi connectivity index (χ2n) is 5.35. The van der Waals surface area contributed by atoms with Crippen molar-refractivity contribution in [2.24, 2.45) is 0 Å². The lowest BCUT2D eigenvalue weighted by molar-refractivity contribution is 0.102. The van der Waals surface area contributed by atoms with Gasteiger partial charge in [0, 0.05) is 16.9 Å². The molecule has 4 rings (SSSR count). The Balaban J connectivity index is 1.57. The van der Waals surface area contributed by atoms with E-state index in [-0.39, 0.29) is 5.91 Å². The standard InChI is InChI=1S/C18H12BrN5O/c19-13-7-12(8-20-9-13)18(25)23-14-5-6-17(21-10-14)24-11-22-15-3-1-2-4-16(15)24/h1-11H,(H,23,25). The van der Waals surface area contributed by atoms with Crippen LogP contribution < -0.4 is 5.32 Å². The number of carbonyl (C=O) groups excluding carboxylic acids is 1. The van der Waals surface area contributed by atoms with Gasteiger partial charge >= 0.3 is 0 Å². The van der Waals surface area contributed by atoms with Gasteiger partial charge in [-0.1, -0.05) is 12.1 Å². The topological polar surface area (TPSA) is 72.7 Å². The van der Waals surface area contributed by atoms with Gasteiger partial charge < -0.3 is 5.32 Å². The second-order valence-corrected chi connectivity index (χ2v) is 6.27. The number of nitrogens with zero attached hydrogens (tertiary/aromatic N) is 4. The Bertz CT molecular complexity index is 1060. The van der Waals surface area contributed by atoms with E-state index in [0.29, 0.717) is 11.3 Å². The number of pyridine rings is 2. The predicted octanol–water partition coefficient (Wildman–Crippen LogP) is 3.83. The van der Waals surface area contributed by atoms with Crippen LogP contribution in [0.1, 0.15) is 10.4 Å². The number of anilines is 1. The van der Waals surface area contributed by atoms with Crippen molar-refractivity contribution in [2.75, 3.05) is 5.32 Å². The summed E-state index contributed by atoms with van der Waals surface area (Å²) in [4.78, 5) is 25.0. The van der Waals surface area contributed by atoms with Crippen LogP contribution in [0.5, 0.6) is 0 Å². The first kappa shape index (κ1) is 15.5. The Labute approximate surface area is 151 Å². The average molecular weight is 394 g/mol. The van der Waals surface area contributed by atoms with Gasteiger partial charge in [0.15, 0.2) is 0 Å². The highest BCUT2D eigenvalue weighted by Gasteiger charge is 2.09. The quantitative estimate of drug-likeness (QED) is 0.573. The molecule has 3 aromatic heterocycles. The van der Waals surface area contributed by atoms with Crippen LogP contribution in [0.25, 0.3) is 16.9 Å². The average Bonchev–Trinajstić information content (AvgIpc) is 3.06. The zero-order valence-electron chi connectivity index (χ0n) is 12.9. The highest BCUT2D eigenvalue weighted by molar-refractivity contribution is 9.10. The Morgan fingerprint density at radius 1 is 1.04 bits per heavy atom. The van der Waals surface area contributed by atoms with Gasteiger partial charge in [0.2, 0.25) is 0 Å². The van der Waals surface area contributed by atoms with Crippen LogP contribution in [-0.2, 0) is 0 Å². The van der Waals surface area contributed by atoms with Crippen LogP contribution >= 0.6 is 15.9 Å². The van der Waals surface area contributed by atoms with Crippen molar-refractivity contribution in [1.82, 2.24) is 19.5 Å². The molecule has 0 bridgehead atoms. The second kappa shape index (κ2) is 6.45. The van der Waals surface area contributed by atoms with Crippen LogP contribution in [0.2, 0.25) is 0 Å². The van der Waals surface area contributed by atoms with Crippen molar-refractivity contribution in [3.63, 3.8) is 0 Å². The van der Waals surface area contributed by atoms with Crippen molar-refractivity contribution >= 4 is 38.6 Å². The van der Waals surface area contributed by atoms with Gasteiger partial charge in [-0.15, -0.1) is 0 Å². The minimum atomic E-state index is -0.239. The van der Waals surface area contributed by atoms with Gasteiger partial charge in [-0.05, 0) is 46.3 Å². The zero-order valence-corrected chi connectivity index (χ0v) is 14.5. The fraction of sp³-hybridized carbons (Fsp3) is 0. The third-order valence-electron chi connectivity index (χ3n) is 3.67. The number of benzene rings is 1. The van der Waals surface area contributed by atoms with Crippen molar-refractivity contribution in [3.8, 4) is 5.82 Å². The third kappa shape index (κ3) is 3.14. The van der Waals surface area contributed by atoms with Crippen LogP contribution in [0.3, 0.4) is 0 Å². The number of hydrogen-bond donors (Lipinski definition) is 1. The lowest BCUT2D eigenvalue weighted by Crippen LogP contribution is -2.12. The van der Waals surface area contributed by atoms with E-state index < -0.39 is 0 Å². The van der Waals surface area contributed by atoms with E-state index in [2.05, 4.69) is 36.2 Å².